The summed E-state index contributed by atoms with van der Waals surface area (Å²) in [5.41, 5.74) is 22.1. The Balaban J connectivity index is 1.59. The normalized spacial score (nSPS) is 16.0. The second kappa shape index (κ2) is 14.6. The molecule has 6 rings (SSSR count). The van der Waals surface area contributed by atoms with Gasteiger partial charge in [-0.15, -0.1) is 0 Å². The van der Waals surface area contributed by atoms with Crippen LogP contribution in [0.3, 0.4) is 0 Å². The lowest BCUT2D eigenvalue weighted by Crippen LogP contribution is -2.21. The van der Waals surface area contributed by atoms with Gasteiger partial charge >= 0.3 is 0 Å². The number of phenolic OH excluding ortho intramolecular Hbond substituents is 1. The van der Waals surface area contributed by atoms with Gasteiger partial charge in [0.25, 0.3) is 0 Å². The van der Waals surface area contributed by atoms with Crippen molar-refractivity contribution in [3.05, 3.63) is 164 Å². The molecule has 2 aliphatic rings. The minimum Gasteiger partial charge on any atom is -0.507 e. The Labute approximate surface area is 300 Å². The fraction of sp³-hybridized carbons (Fsp3) is 0.292. The number of aromatic hydroxyl groups is 1. The minimum absolute atomic E-state index is 0.437. The third-order valence-electron chi connectivity index (χ3n) is 11.3. The van der Waals surface area contributed by atoms with E-state index in [1.807, 2.05) is 0 Å². The summed E-state index contributed by atoms with van der Waals surface area (Å²) in [5, 5.41) is 12.1. The van der Waals surface area contributed by atoms with Gasteiger partial charge in [-0.25, -0.2) is 0 Å². The summed E-state index contributed by atoms with van der Waals surface area (Å²) in [6.07, 6.45) is 11.2. The molecule has 0 saturated heterocycles. The Hall–Kier alpha value is -4.82. The first-order valence-electron chi connectivity index (χ1n) is 18.4. The molecule has 50 heavy (non-hydrogen) atoms. The molecule has 1 aliphatic heterocycles. The Bertz CT molecular complexity index is 2070. The number of aryl methyl sites for hydroxylation is 2. The van der Waals surface area contributed by atoms with Crippen molar-refractivity contribution in [2.45, 2.75) is 87.5 Å². The zero-order chi connectivity index (χ0) is 35.7. The van der Waals surface area contributed by atoms with Gasteiger partial charge in [0.1, 0.15) is 5.75 Å². The van der Waals surface area contributed by atoms with E-state index in [0.717, 1.165) is 48.9 Å². The van der Waals surface area contributed by atoms with Crippen LogP contribution in [0.1, 0.15) is 103 Å². The largest absolute Gasteiger partial charge is 0.507 e. The number of hydrogen-bond acceptors (Lipinski definition) is 2. The van der Waals surface area contributed by atoms with Crippen molar-refractivity contribution in [2.75, 3.05) is 11.4 Å². The maximum Gasteiger partial charge on any atom is 0.122 e. The predicted octanol–water partition coefficient (Wildman–Crippen LogP) is 12.9. The van der Waals surface area contributed by atoms with E-state index in [0.29, 0.717) is 12.2 Å². The molecule has 0 unspecified atom stereocenters. The van der Waals surface area contributed by atoms with E-state index < -0.39 is 0 Å². The summed E-state index contributed by atoms with van der Waals surface area (Å²) in [7, 11) is 0. The zero-order valence-electron chi connectivity index (χ0n) is 31.4. The molecule has 0 aromatic heterocycles. The number of benzene rings is 4. The molecule has 0 amide bonds. The van der Waals surface area contributed by atoms with Crippen molar-refractivity contribution in [2.24, 2.45) is 0 Å². The Morgan fingerprint density at radius 2 is 1.58 bits per heavy atom. The van der Waals surface area contributed by atoms with Crippen LogP contribution < -0.4 is 4.90 Å². The lowest BCUT2D eigenvalue weighted by Gasteiger charge is -2.32. The van der Waals surface area contributed by atoms with Crippen molar-refractivity contribution in [3.8, 4) is 5.75 Å². The number of rotatable bonds is 7. The molecule has 0 radical (unpaired) electrons. The van der Waals surface area contributed by atoms with Crippen LogP contribution in [-0.2, 0) is 12.8 Å². The lowest BCUT2D eigenvalue weighted by atomic mass is 9.77. The van der Waals surface area contributed by atoms with Gasteiger partial charge in [0, 0.05) is 29.0 Å². The van der Waals surface area contributed by atoms with E-state index in [1.165, 1.54) is 83.7 Å². The highest BCUT2D eigenvalue weighted by Crippen LogP contribution is 2.46. The number of anilines is 2. The van der Waals surface area contributed by atoms with Crippen molar-refractivity contribution in [3.63, 3.8) is 0 Å². The van der Waals surface area contributed by atoms with Gasteiger partial charge < -0.3 is 10.0 Å². The molecule has 0 bridgehead atoms. The van der Waals surface area contributed by atoms with E-state index >= 15 is 0 Å². The van der Waals surface area contributed by atoms with E-state index in [9.17, 15) is 5.11 Å². The first kappa shape index (κ1) is 35.0. The molecule has 0 saturated carbocycles. The number of allylic oxidation sites excluding steroid dienone is 7. The average Bonchev–Trinajstić information content (AvgIpc) is 3.13. The van der Waals surface area contributed by atoms with Gasteiger partial charge in [-0.3, -0.25) is 0 Å². The van der Waals surface area contributed by atoms with Crippen LogP contribution in [-0.4, -0.2) is 11.7 Å². The van der Waals surface area contributed by atoms with Gasteiger partial charge in [-0.05, 0) is 172 Å². The second-order valence-electron chi connectivity index (χ2n) is 14.3. The monoisotopic (exact) mass is 659 g/mol. The highest BCUT2D eigenvalue weighted by molar-refractivity contribution is 5.93. The smallest absolute Gasteiger partial charge is 0.122 e. The van der Waals surface area contributed by atoms with Crippen LogP contribution in [0.25, 0.3) is 16.7 Å². The quantitative estimate of drug-likeness (QED) is 0.200. The highest BCUT2D eigenvalue weighted by Gasteiger charge is 2.27. The Morgan fingerprint density at radius 1 is 0.860 bits per heavy atom. The fourth-order valence-electron chi connectivity index (χ4n) is 8.15. The molecular formula is C48H53NO. The van der Waals surface area contributed by atoms with Crippen molar-refractivity contribution in [1.29, 1.82) is 0 Å². The molecule has 0 spiro atoms. The van der Waals surface area contributed by atoms with E-state index in [2.05, 4.69) is 152 Å². The third kappa shape index (κ3) is 6.33. The van der Waals surface area contributed by atoms with E-state index in [1.54, 1.807) is 0 Å². The standard InChI is InChI=1S/C48H53NO/c1-10-30(3)45(31(4)11-2)46-35(8)34(7)43(48(50)36(46)9)28-38-25-24-37-20-15-16-23-40(37)47(38)42-29-44-41(27-33(42)6)32(5)19-17-18-26-49(44)39-21-13-12-14-22-39/h10,12-17,19-23,27,29,50H,5,11,18,24-26,28H2,1-4,6-9H3/b19-17-,30-10+,45-31+. The number of nitrogens with zero attached hydrogens (tertiary/aromatic N) is 1. The van der Waals surface area contributed by atoms with Crippen LogP contribution in [0.5, 0.6) is 5.75 Å². The van der Waals surface area contributed by atoms with Crippen LogP contribution >= 0.6 is 0 Å². The van der Waals surface area contributed by atoms with Crippen molar-refractivity contribution < 1.29 is 5.11 Å². The summed E-state index contributed by atoms with van der Waals surface area (Å²) in [4.78, 5) is 2.46. The summed E-state index contributed by atoms with van der Waals surface area (Å²) in [5.74, 6) is 0.437. The maximum atomic E-state index is 12.1. The first-order valence-corrected chi connectivity index (χ1v) is 18.4. The summed E-state index contributed by atoms with van der Waals surface area (Å²) < 4.78 is 0. The predicted molar refractivity (Wildman–Crippen MR) is 217 cm³/mol. The van der Waals surface area contributed by atoms with Crippen LogP contribution in [0, 0.1) is 27.7 Å². The zero-order valence-corrected chi connectivity index (χ0v) is 31.4. The van der Waals surface area contributed by atoms with Crippen LogP contribution in [0.15, 0.2) is 108 Å². The van der Waals surface area contributed by atoms with Gasteiger partial charge in [-0.1, -0.05) is 85.3 Å². The molecule has 0 fully saturated rings. The molecule has 1 heterocycles. The van der Waals surface area contributed by atoms with Crippen LogP contribution in [0.4, 0.5) is 11.4 Å². The minimum atomic E-state index is 0.437. The summed E-state index contributed by atoms with van der Waals surface area (Å²) >= 11 is 0. The molecular weight excluding hydrogens is 607 g/mol. The molecule has 2 heteroatoms. The highest BCUT2D eigenvalue weighted by atomic mass is 16.3. The molecule has 2 nitrogen and oxygen atoms in total. The number of hydrogen-bond donors (Lipinski definition) is 1. The van der Waals surface area contributed by atoms with E-state index in [-0.39, 0.29) is 0 Å². The lowest BCUT2D eigenvalue weighted by molar-refractivity contribution is 0.463. The van der Waals surface area contributed by atoms with Gasteiger partial charge in [0.15, 0.2) is 0 Å². The van der Waals surface area contributed by atoms with Gasteiger partial charge in [-0.2, -0.15) is 0 Å². The Kier molecular flexibility index (Phi) is 10.2. The molecule has 256 valence electrons. The van der Waals surface area contributed by atoms with Gasteiger partial charge in [0.2, 0.25) is 0 Å². The average molecular weight is 660 g/mol. The second-order valence-corrected chi connectivity index (χ2v) is 14.3. The SMILES string of the molecule is C=C1/C=C\CCN(c2ccccc2)c2cc(C3=C(Cc4c(C)c(C)c(C(/C(C)=C/C)=C(\C)CC)c(C)c4O)CCc4ccccc43)c(C)cc21. The molecule has 0 atom stereocenters. The summed E-state index contributed by atoms with van der Waals surface area (Å²) in [6, 6.07) is 24.4. The fourth-order valence-corrected chi connectivity index (χ4v) is 8.15. The maximum absolute atomic E-state index is 12.1. The topological polar surface area (TPSA) is 23.5 Å². The summed E-state index contributed by atoms with van der Waals surface area (Å²) in [6.45, 7) is 23.0. The van der Waals surface area contributed by atoms with Crippen molar-refractivity contribution in [1.82, 2.24) is 0 Å². The number of para-hydroxylation sites is 1. The first-order chi connectivity index (χ1) is 24.1. The van der Waals surface area contributed by atoms with E-state index in [4.69, 9.17) is 0 Å². The molecule has 4 aromatic rings. The third-order valence-corrected chi connectivity index (χ3v) is 11.3. The number of fused-ring (bicyclic) bond motifs is 2. The molecule has 1 aliphatic carbocycles. The molecule has 1 N–H and O–H groups in total. The van der Waals surface area contributed by atoms with Crippen molar-refractivity contribution >= 4 is 28.1 Å². The molecule has 4 aromatic carbocycles. The Morgan fingerprint density at radius 3 is 2.30 bits per heavy atom. The number of phenols is 1. The van der Waals surface area contributed by atoms with Gasteiger partial charge in [0.05, 0.1) is 0 Å². The van der Waals surface area contributed by atoms with Crippen LogP contribution in [0.2, 0.25) is 0 Å².